The van der Waals surface area contributed by atoms with Crippen molar-refractivity contribution in [2.75, 3.05) is 6.54 Å². The highest BCUT2D eigenvalue weighted by atomic mass is 32.2. The predicted molar refractivity (Wildman–Crippen MR) is 82.0 cm³/mol. The maximum Gasteiger partial charge on any atom is 0.243 e. The Labute approximate surface area is 121 Å². The van der Waals surface area contributed by atoms with E-state index in [-0.39, 0.29) is 6.04 Å². The van der Waals surface area contributed by atoms with Gasteiger partial charge in [-0.05, 0) is 51.0 Å². The Hall–Kier alpha value is -1.39. The molecular weight excluding hydrogens is 270 g/mol. The maximum atomic E-state index is 12.8. The molecule has 0 saturated carbocycles. The number of hydrogen-bond donors (Lipinski definition) is 0. The van der Waals surface area contributed by atoms with Gasteiger partial charge in [-0.2, -0.15) is 4.31 Å². The van der Waals surface area contributed by atoms with Crippen LogP contribution in [0.15, 0.2) is 52.5 Å². The van der Waals surface area contributed by atoms with Crippen LogP contribution in [-0.4, -0.2) is 25.3 Å². The van der Waals surface area contributed by atoms with Crippen molar-refractivity contribution >= 4 is 10.0 Å². The normalized spacial score (nSPS) is 21.4. The van der Waals surface area contributed by atoms with Crippen LogP contribution in [0.5, 0.6) is 0 Å². The Kier molecular flexibility index (Phi) is 3.89. The average molecular weight is 291 g/mol. The Morgan fingerprint density at radius 3 is 2.25 bits per heavy atom. The van der Waals surface area contributed by atoms with Gasteiger partial charge in [0, 0.05) is 12.6 Å². The molecule has 4 heteroatoms. The van der Waals surface area contributed by atoms with Gasteiger partial charge in [-0.25, -0.2) is 8.42 Å². The molecule has 0 spiro atoms. The van der Waals surface area contributed by atoms with Gasteiger partial charge >= 0.3 is 0 Å². The van der Waals surface area contributed by atoms with E-state index in [9.17, 15) is 8.42 Å². The van der Waals surface area contributed by atoms with Crippen molar-refractivity contribution in [1.82, 2.24) is 4.31 Å². The summed E-state index contributed by atoms with van der Waals surface area (Å²) in [5, 5.41) is 0. The number of nitrogens with zero attached hydrogens (tertiary/aromatic N) is 1. The first-order chi connectivity index (χ1) is 9.25. The number of aryl methyl sites for hydroxylation is 1. The molecule has 1 unspecified atom stereocenters. The SMILES string of the molecule is C=C1C(C)=C(C)CN(S(=O)(=O)c2ccc(C)cc2)C1C. The van der Waals surface area contributed by atoms with Crippen molar-refractivity contribution in [2.24, 2.45) is 0 Å². The van der Waals surface area contributed by atoms with Gasteiger partial charge in [0.2, 0.25) is 10.0 Å². The largest absolute Gasteiger partial charge is 0.243 e. The van der Waals surface area contributed by atoms with E-state index in [0.29, 0.717) is 11.4 Å². The summed E-state index contributed by atoms with van der Waals surface area (Å²) in [6, 6.07) is 6.78. The second-order valence-electron chi connectivity index (χ2n) is 5.47. The summed E-state index contributed by atoms with van der Waals surface area (Å²) in [5.74, 6) is 0. The van der Waals surface area contributed by atoms with Gasteiger partial charge in [0.05, 0.1) is 4.90 Å². The van der Waals surface area contributed by atoms with Gasteiger partial charge in [0.25, 0.3) is 0 Å². The minimum absolute atomic E-state index is 0.204. The highest BCUT2D eigenvalue weighted by molar-refractivity contribution is 7.89. The molecule has 0 aliphatic carbocycles. The lowest BCUT2D eigenvalue weighted by Gasteiger charge is -2.35. The van der Waals surface area contributed by atoms with Crippen LogP contribution in [0.1, 0.15) is 26.3 Å². The maximum absolute atomic E-state index is 12.8. The number of rotatable bonds is 2. The van der Waals surface area contributed by atoms with E-state index in [1.807, 2.05) is 39.8 Å². The second-order valence-corrected chi connectivity index (χ2v) is 7.36. The third-order valence-electron chi connectivity index (χ3n) is 4.08. The molecule has 1 aliphatic rings. The van der Waals surface area contributed by atoms with Crippen molar-refractivity contribution in [1.29, 1.82) is 0 Å². The smallest absolute Gasteiger partial charge is 0.207 e. The molecule has 1 aromatic rings. The van der Waals surface area contributed by atoms with Crippen molar-refractivity contribution in [3.8, 4) is 0 Å². The van der Waals surface area contributed by atoms with Crippen LogP contribution in [0.3, 0.4) is 0 Å². The van der Waals surface area contributed by atoms with Gasteiger partial charge in [-0.1, -0.05) is 29.8 Å². The molecule has 3 nitrogen and oxygen atoms in total. The van der Waals surface area contributed by atoms with Gasteiger partial charge < -0.3 is 0 Å². The van der Waals surface area contributed by atoms with E-state index in [2.05, 4.69) is 6.58 Å². The molecule has 0 aromatic heterocycles. The lowest BCUT2D eigenvalue weighted by atomic mass is 9.94. The van der Waals surface area contributed by atoms with Crippen molar-refractivity contribution in [3.05, 3.63) is 53.1 Å². The number of sulfonamides is 1. The molecule has 1 aromatic carbocycles. The summed E-state index contributed by atoms with van der Waals surface area (Å²) < 4.78 is 27.1. The van der Waals surface area contributed by atoms with E-state index in [1.54, 1.807) is 12.1 Å². The van der Waals surface area contributed by atoms with Crippen molar-refractivity contribution in [3.63, 3.8) is 0 Å². The van der Waals surface area contributed by atoms with Crippen LogP contribution < -0.4 is 0 Å². The second kappa shape index (κ2) is 5.19. The summed E-state index contributed by atoms with van der Waals surface area (Å²) >= 11 is 0. The zero-order chi connectivity index (χ0) is 15.1. The zero-order valence-corrected chi connectivity index (χ0v) is 13.3. The third kappa shape index (κ3) is 2.45. The number of benzene rings is 1. The third-order valence-corrected chi connectivity index (χ3v) is 6.01. The molecule has 2 rings (SSSR count). The van der Waals surface area contributed by atoms with E-state index < -0.39 is 10.0 Å². The fourth-order valence-electron chi connectivity index (χ4n) is 2.39. The molecule has 0 fully saturated rings. The van der Waals surface area contributed by atoms with Gasteiger partial charge in [-0.15, -0.1) is 0 Å². The van der Waals surface area contributed by atoms with Gasteiger partial charge in [0.1, 0.15) is 0 Å². The lowest BCUT2D eigenvalue weighted by molar-refractivity contribution is 0.379. The highest BCUT2D eigenvalue weighted by Crippen LogP contribution is 2.31. The molecule has 0 N–H and O–H groups in total. The van der Waals surface area contributed by atoms with Gasteiger partial charge in [-0.3, -0.25) is 0 Å². The number of hydrogen-bond acceptors (Lipinski definition) is 2. The van der Waals surface area contributed by atoms with E-state index in [4.69, 9.17) is 0 Å². The van der Waals surface area contributed by atoms with E-state index in [0.717, 1.165) is 22.3 Å². The molecular formula is C16H21NO2S. The van der Waals surface area contributed by atoms with E-state index >= 15 is 0 Å². The van der Waals surface area contributed by atoms with Gasteiger partial charge in [0.15, 0.2) is 0 Å². The van der Waals surface area contributed by atoms with Crippen LogP contribution in [0.25, 0.3) is 0 Å². The minimum Gasteiger partial charge on any atom is -0.207 e. The molecule has 20 heavy (non-hydrogen) atoms. The summed E-state index contributed by atoms with van der Waals surface area (Å²) in [4.78, 5) is 0.343. The first-order valence-electron chi connectivity index (χ1n) is 6.69. The van der Waals surface area contributed by atoms with Crippen molar-refractivity contribution in [2.45, 2.75) is 38.6 Å². The lowest BCUT2D eigenvalue weighted by Crippen LogP contribution is -2.43. The van der Waals surface area contributed by atoms with E-state index in [1.165, 1.54) is 4.31 Å². The first kappa shape index (κ1) is 15.0. The Balaban J connectivity index is 2.45. The summed E-state index contributed by atoms with van der Waals surface area (Å²) in [5.41, 5.74) is 4.10. The fourth-order valence-corrected chi connectivity index (χ4v) is 4.05. The monoisotopic (exact) mass is 291 g/mol. The predicted octanol–water partition coefficient (Wildman–Crippen LogP) is 3.28. The molecule has 1 aliphatic heterocycles. The Morgan fingerprint density at radius 1 is 1.15 bits per heavy atom. The molecule has 1 heterocycles. The summed E-state index contributed by atoms with van der Waals surface area (Å²) in [7, 11) is -3.48. The summed E-state index contributed by atoms with van der Waals surface area (Å²) in [6.07, 6.45) is 0. The molecule has 1 atom stereocenters. The Morgan fingerprint density at radius 2 is 1.70 bits per heavy atom. The standard InChI is InChI=1S/C16H21NO2S/c1-11-6-8-16(9-7-11)20(18,19)17-10-12(2)13(3)14(4)15(17)5/h6-9,15H,4,10H2,1-3,5H3. The van der Waals surface area contributed by atoms with Crippen LogP contribution >= 0.6 is 0 Å². The molecule has 0 amide bonds. The van der Waals surface area contributed by atoms with Crippen LogP contribution in [0.4, 0.5) is 0 Å². The quantitative estimate of drug-likeness (QED) is 0.838. The topological polar surface area (TPSA) is 37.4 Å². The zero-order valence-electron chi connectivity index (χ0n) is 12.5. The molecule has 0 saturated heterocycles. The summed E-state index contributed by atoms with van der Waals surface area (Å²) in [6.45, 7) is 12.3. The molecule has 0 radical (unpaired) electrons. The highest BCUT2D eigenvalue weighted by Gasteiger charge is 2.34. The molecule has 0 bridgehead atoms. The van der Waals surface area contributed by atoms with Crippen LogP contribution in [0, 0.1) is 6.92 Å². The van der Waals surface area contributed by atoms with Crippen molar-refractivity contribution < 1.29 is 8.42 Å². The minimum atomic E-state index is -3.48. The molecule has 108 valence electrons. The van der Waals surface area contributed by atoms with Crippen LogP contribution in [-0.2, 0) is 10.0 Å². The fraction of sp³-hybridized carbons (Fsp3) is 0.375. The Bertz CT molecular complexity index is 669. The average Bonchev–Trinajstić information content (AvgIpc) is 2.41. The van der Waals surface area contributed by atoms with Crippen LogP contribution in [0.2, 0.25) is 0 Å². The first-order valence-corrected chi connectivity index (χ1v) is 8.13.